The monoisotopic (exact) mass is 323 g/mol. The summed E-state index contributed by atoms with van der Waals surface area (Å²) >= 11 is 0. The third-order valence-corrected chi connectivity index (χ3v) is 4.04. The molecule has 3 aromatic rings. The number of nitrogens with one attached hydrogen (secondary N) is 1. The Morgan fingerprint density at radius 3 is 3.09 bits per heavy atom. The molecule has 0 amide bonds. The van der Waals surface area contributed by atoms with Crippen LogP contribution in [0.2, 0.25) is 0 Å². The van der Waals surface area contributed by atoms with Gasteiger partial charge in [0.1, 0.15) is 6.10 Å². The summed E-state index contributed by atoms with van der Waals surface area (Å²) in [6.45, 7) is -0.252. The van der Waals surface area contributed by atoms with Crippen LogP contribution in [0.5, 0.6) is 0 Å². The fourth-order valence-corrected chi connectivity index (χ4v) is 2.89. The highest BCUT2D eigenvalue weighted by Crippen LogP contribution is 2.34. The molecule has 0 saturated carbocycles. The maximum Gasteiger partial charge on any atom is 0.287 e. The summed E-state index contributed by atoms with van der Waals surface area (Å²) in [5.74, 6) is 0.306. The molecule has 4 atom stereocenters. The van der Waals surface area contributed by atoms with Crippen LogP contribution < -0.4 is 5.56 Å². The molecule has 0 radical (unpaired) electrons. The highest BCUT2D eigenvalue weighted by atomic mass is 19.1. The SMILES string of the molecule is O=c1c2ncn([C@@H]3O[C@H](CCO)[C@@H](F)[C@H]3O)c2nc2[nH]ccn12. The number of aromatic nitrogens is 5. The van der Waals surface area contributed by atoms with Gasteiger partial charge in [0.25, 0.3) is 5.56 Å². The third kappa shape index (κ3) is 1.99. The normalized spacial score (nSPS) is 28.1. The van der Waals surface area contributed by atoms with Crippen LogP contribution in [-0.2, 0) is 4.74 Å². The smallest absolute Gasteiger partial charge is 0.287 e. The summed E-state index contributed by atoms with van der Waals surface area (Å²) in [4.78, 5) is 23.4. The number of nitrogens with zero attached hydrogens (tertiary/aromatic N) is 4. The maximum atomic E-state index is 14.1. The van der Waals surface area contributed by atoms with Gasteiger partial charge in [-0.1, -0.05) is 0 Å². The average molecular weight is 323 g/mol. The minimum Gasteiger partial charge on any atom is -0.396 e. The molecule has 3 N–H and O–H groups in total. The van der Waals surface area contributed by atoms with E-state index in [-0.39, 0.29) is 29.8 Å². The van der Waals surface area contributed by atoms with Crippen molar-refractivity contribution in [1.82, 2.24) is 23.9 Å². The number of H-pyrrole nitrogens is 1. The second-order valence-electron chi connectivity index (χ2n) is 5.41. The van der Waals surface area contributed by atoms with Gasteiger partial charge in [-0.25, -0.2) is 9.37 Å². The second kappa shape index (κ2) is 5.11. The number of aliphatic hydroxyl groups is 2. The van der Waals surface area contributed by atoms with Crippen LogP contribution in [-0.4, -0.2) is 59.1 Å². The van der Waals surface area contributed by atoms with Crippen molar-refractivity contribution in [3.05, 3.63) is 29.1 Å². The summed E-state index contributed by atoms with van der Waals surface area (Å²) in [5.41, 5.74) is -0.0848. The summed E-state index contributed by atoms with van der Waals surface area (Å²) in [7, 11) is 0. The first-order chi connectivity index (χ1) is 11.1. The van der Waals surface area contributed by atoms with E-state index in [2.05, 4.69) is 15.0 Å². The highest BCUT2D eigenvalue weighted by Gasteiger charge is 2.45. The van der Waals surface area contributed by atoms with Gasteiger partial charge in [0.05, 0.1) is 12.4 Å². The van der Waals surface area contributed by atoms with E-state index in [9.17, 15) is 14.3 Å². The van der Waals surface area contributed by atoms with Crippen molar-refractivity contribution in [2.24, 2.45) is 0 Å². The van der Waals surface area contributed by atoms with Crippen molar-refractivity contribution >= 4 is 16.9 Å². The number of hydrogen-bond acceptors (Lipinski definition) is 6. The summed E-state index contributed by atoms with van der Waals surface area (Å²) in [5, 5.41) is 19.0. The molecule has 1 aliphatic heterocycles. The molecule has 1 saturated heterocycles. The average Bonchev–Trinajstić information content (AvgIpc) is 3.22. The van der Waals surface area contributed by atoms with Crippen molar-refractivity contribution < 1.29 is 19.3 Å². The number of ether oxygens (including phenoxy) is 1. The Labute approximate surface area is 128 Å². The van der Waals surface area contributed by atoms with Crippen LogP contribution in [0.3, 0.4) is 0 Å². The lowest BCUT2D eigenvalue weighted by Crippen LogP contribution is -2.28. The number of hydrogen-bond donors (Lipinski definition) is 3. The lowest BCUT2D eigenvalue weighted by Gasteiger charge is -2.16. The molecule has 3 aromatic heterocycles. The molecule has 122 valence electrons. The largest absolute Gasteiger partial charge is 0.396 e. The Balaban J connectivity index is 1.83. The topological polar surface area (TPSA) is 118 Å². The molecule has 4 heterocycles. The van der Waals surface area contributed by atoms with E-state index in [1.54, 1.807) is 6.20 Å². The first-order valence-corrected chi connectivity index (χ1v) is 7.12. The molecule has 0 spiro atoms. The van der Waals surface area contributed by atoms with Crippen molar-refractivity contribution in [2.45, 2.75) is 31.0 Å². The molecular formula is C13H14FN5O4. The van der Waals surface area contributed by atoms with Crippen LogP contribution in [0.15, 0.2) is 23.5 Å². The second-order valence-corrected chi connectivity index (χ2v) is 5.41. The van der Waals surface area contributed by atoms with E-state index in [1.807, 2.05) is 0 Å². The molecular weight excluding hydrogens is 309 g/mol. The number of aliphatic hydroxyl groups excluding tert-OH is 2. The van der Waals surface area contributed by atoms with Crippen LogP contribution in [0.4, 0.5) is 4.39 Å². The molecule has 1 fully saturated rings. The molecule has 4 rings (SSSR count). The molecule has 0 aliphatic carbocycles. The lowest BCUT2D eigenvalue weighted by atomic mass is 10.1. The predicted octanol–water partition coefficient (Wildman–Crippen LogP) is -0.649. The molecule has 9 nitrogen and oxygen atoms in total. The van der Waals surface area contributed by atoms with Gasteiger partial charge in [-0.2, -0.15) is 4.98 Å². The lowest BCUT2D eigenvalue weighted by molar-refractivity contribution is -0.0402. The van der Waals surface area contributed by atoms with Gasteiger partial charge in [0.15, 0.2) is 23.6 Å². The number of aromatic amines is 1. The van der Waals surface area contributed by atoms with Gasteiger partial charge >= 0.3 is 0 Å². The number of rotatable bonds is 3. The number of imidazole rings is 2. The van der Waals surface area contributed by atoms with E-state index in [0.717, 1.165) is 0 Å². The van der Waals surface area contributed by atoms with Crippen molar-refractivity contribution in [3.63, 3.8) is 0 Å². The standard InChI is InChI=1S/C13H14FN5O4/c14-7-6(1-4-20)23-12(9(7)21)19-5-16-8-10(19)17-13-15-2-3-18(13)11(8)22/h2-3,5-7,9,12,20-21H,1,4H2,(H,15,17)/t6-,7-,9-,12-/m1/s1. The predicted molar refractivity (Wildman–Crippen MR) is 75.6 cm³/mol. The van der Waals surface area contributed by atoms with E-state index in [0.29, 0.717) is 5.78 Å². The van der Waals surface area contributed by atoms with Crippen molar-refractivity contribution in [3.8, 4) is 0 Å². The molecule has 0 unspecified atom stereocenters. The Morgan fingerprint density at radius 1 is 1.48 bits per heavy atom. The van der Waals surface area contributed by atoms with Crippen molar-refractivity contribution in [1.29, 1.82) is 0 Å². The van der Waals surface area contributed by atoms with E-state index >= 15 is 0 Å². The van der Waals surface area contributed by atoms with Gasteiger partial charge in [-0.3, -0.25) is 13.8 Å². The zero-order chi connectivity index (χ0) is 16.1. The summed E-state index contributed by atoms with van der Waals surface area (Å²) in [6, 6.07) is 0. The number of halogens is 1. The van der Waals surface area contributed by atoms with E-state index in [4.69, 9.17) is 9.84 Å². The number of fused-ring (bicyclic) bond motifs is 2. The zero-order valence-electron chi connectivity index (χ0n) is 11.8. The quantitative estimate of drug-likeness (QED) is 0.590. The molecule has 23 heavy (non-hydrogen) atoms. The van der Waals surface area contributed by atoms with Crippen molar-refractivity contribution in [2.75, 3.05) is 6.61 Å². The maximum absolute atomic E-state index is 14.1. The summed E-state index contributed by atoms with van der Waals surface area (Å²) in [6.07, 6.45) is -0.614. The molecule has 1 aliphatic rings. The Kier molecular flexibility index (Phi) is 3.18. The molecule has 0 aromatic carbocycles. The Bertz CT molecular complexity index is 918. The minimum absolute atomic E-state index is 0.0678. The fourth-order valence-electron chi connectivity index (χ4n) is 2.89. The van der Waals surface area contributed by atoms with Crippen LogP contribution in [0.25, 0.3) is 16.9 Å². The van der Waals surface area contributed by atoms with Gasteiger partial charge in [0.2, 0.25) is 5.78 Å². The summed E-state index contributed by atoms with van der Waals surface area (Å²) < 4.78 is 22.2. The first kappa shape index (κ1) is 14.3. The van der Waals surface area contributed by atoms with Gasteiger partial charge in [-0.15, -0.1) is 0 Å². The fraction of sp³-hybridized carbons (Fsp3) is 0.462. The van der Waals surface area contributed by atoms with Crippen LogP contribution in [0, 0.1) is 0 Å². The van der Waals surface area contributed by atoms with E-state index in [1.165, 1.54) is 21.5 Å². The number of alkyl halides is 1. The Morgan fingerprint density at radius 2 is 2.30 bits per heavy atom. The third-order valence-electron chi connectivity index (χ3n) is 4.04. The molecule has 0 bridgehead atoms. The highest BCUT2D eigenvalue weighted by molar-refractivity contribution is 5.71. The zero-order valence-corrected chi connectivity index (χ0v) is 11.8. The van der Waals surface area contributed by atoms with E-state index < -0.39 is 24.6 Å². The van der Waals surface area contributed by atoms with Crippen LogP contribution in [0.1, 0.15) is 12.6 Å². The van der Waals surface area contributed by atoms with Gasteiger partial charge in [0, 0.05) is 19.0 Å². The minimum atomic E-state index is -1.64. The van der Waals surface area contributed by atoms with Gasteiger partial charge < -0.3 is 19.9 Å². The van der Waals surface area contributed by atoms with Gasteiger partial charge in [-0.05, 0) is 6.42 Å². The molecule has 10 heteroatoms. The first-order valence-electron chi connectivity index (χ1n) is 7.12. The van der Waals surface area contributed by atoms with Crippen LogP contribution >= 0.6 is 0 Å². The Hall–Kier alpha value is -2.30.